The minimum atomic E-state index is -0.654. The maximum Gasteiger partial charge on any atom is 0.319 e. The SMILES string of the molecule is CCOC(=O)CCNC(=O)CC(NC(=O)Nc1ccc(C(=N)N)cc1)c1cccc(OC)c1. The summed E-state index contributed by atoms with van der Waals surface area (Å²) in [6, 6.07) is 12.4. The van der Waals surface area contributed by atoms with Crippen molar-refractivity contribution in [2.24, 2.45) is 5.73 Å². The molecule has 1 unspecified atom stereocenters. The maximum atomic E-state index is 12.6. The summed E-state index contributed by atoms with van der Waals surface area (Å²) >= 11 is 0. The average Bonchev–Trinajstić information content (AvgIpc) is 2.79. The Morgan fingerprint density at radius 2 is 1.85 bits per heavy atom. The van der Waals surface area contributed by atoms with Crippen LogP contribution in [-0.4, -0.2) is 44.0 Å². The van der Waals surface area contributed by atoms with E-state index in [0.29, 0.717) is 22.6 Å². The summed E-state index contributed by atoms with van der Waals surface area (Å²) in [5.41, 5.74) is 7.16. The Labute approximate surface area is 192 Å². The highest BCUT2D eigenvalue weighted by Crippen LogP contribution is 2.22. The van der Waals surface area contributed by atoms with Crippen LogP contribution in [0.4, 0.5) is 10.5 Å². The Hall–Kier alpha value is -4.08. The molecule has 2 aromatic carbocycles. The normalized spacial score (nSPS) is 11.1. The molecule has 3 amide bonds. The second kappa shape index (κ2) is 12.7. The number of amidine groups is 1. The summed E-state index contributed by atoms with van der Waals surface area (Å²) in [7, 11) is 1.53. The first kappa shape index (κ1) is 25.2. The Morgan fingerprint density at radius 3 is 2.48 bits per heavy atom. The van der Waals surface area contributed by atoms with Gasteiger partial charge in [0.25, 0.3) is 0 Å². The van der Waals surface area contributed by atoms with Crippen LogP contribution < -0.4 is 26.4 Å². The van der Waals surface area contributed by atoms with Gasteiger partial charge in [-0.3, -0.25) is 15.0 Å². The molecule has 0 fully saturated rings. The number of amides is 3. The number of nitrogen functional groups attached to an aromatic ring is 1. The number of benzene rings is 2. The third-order valence-corrected chi connectivity index (χ3v) is 4.60. The fraction of sp³-hybridized carbons (Fsp3) is 0.304. The minimum Gasteiger partial charge on any atom is -0.497 e. The molecule has 0 saturated carbocycles. The van der Waals surface area contributed by atoms with E-state index in [1.165, 1.54) is 7.11 Å². The van der Waals surface area contributed by atoms with E-state index in [4.69, 9.17) is 20.6 Å². The van der Waals surface area contributed by atoms with Crippen LogP contribution in [0.1, 0.15) is 36.9 Å². The molecule has 33 heavy (non-hydrogen) atoms. The van der Waals surface area contributed by atoms with Crippen LogP contribution in [-0.2, 0) is 14.3 Å². The topological polar surface area (TPSA) is 156 Å². The molecule has 6 N–H and O–H groups in total. The summed E-state index contributed by atoms with van der Waals surface area (Å²) in [5, 5.41) is 15.6. The zero-order valence-electron chi connectivity index (χ0n) is 18.6. The van der Waals surface area contributed by atoms with Crippen molar-refractivity contribution in [1.82, 2.24) is 10.6 Å². The number of nitrogens with two attached hydrogens (primary N) is 1. The van der Waals surface area contributed by atoms with Gasteiger partial charge in [0, 0.05) is 17.8 Å². The maximum absolute atomic E-state index is 12.6. The molecule has 0 saturated heterocycles. The van der Waals surface area contributed by atoms with Crippen molar-refractivity contribution in [3.8, 4) is 5.75 Å². The Bertz CT molecular complexity index is 977. The number of carbonyl (C=O) groups excluding carboxylic acids is 3. The second-order valence-electron chi connectivity index (χ2n) is 7.03. The quantitative estimate of drug-likeness (QED) is 0.199. The molecule has 0 radical (unpaired) electrons. The number of rotatable bonds is 11. The fourth-order valence-corrected chi connectivity index (χ4v) is 2.96. The molecular weight excluding hydrogens is 426 g/mol. The third kappa shape index (κ3) is 8.52. The van der Waals surface area contributed by atoms with Crippen molar-refractivity contribution < 1.29 is 23.9 Å². The van der Waals surface area contributed by atoms with E-state index >= 15 is 0 Å². The zero-order valence-corrected chi connectivity index (χ0v) is 18.6. The lowest BCUT2D eigenvalue weighted by atomic mass is 10.0. The third-order valence-electron chi connectivity index (χ3n) is 4.60. The van der Waals surface area contributed by atoms with Gasteiger partial charge in [-0.05, 0) is 48.9 Å². The average molecular weight is 456 g/mol. The largest absolute Gasteiger partial charge is 0.497 e. The summed E-state index contributed by atoms with van der Waals surface area (Å²) < 4.78 is 10.1. The summed E-state index contributed by atoms with van der Waals surface area (Å²) in [6.45, 7) is 2.13. The van der Waals surface area contributed by atoms with Gasteiger partial charge < -0.3 is 31.2 Å². The molecule has 0 heterocycles. The van der Waals surface area contributed by atoms with Gasteiger partial charge in [0.15, 0.2) is 0 Å². The van der Waals surface area contributed by atoms with Gasteiger partial charge in [-0.2, -0.15) is 0 Å². The standard InChI is InChI=1S/C23H29N5O5/c1-3-33-21(30)11-12-26-20(29)14-19(16-5-4-6-18(13-16)32-2)28-23(31)27-17-9-7-15(8-10-17)22(24)25/h4-10,13,19H,3,11-12,14H2,1-2H3,(H3,24,25)(H,26,29)(H2,27,28,31). The van der Waals surface area contributed by atoms with E-state index in [2.05, 4.69) is 16.0 Å². The van der Waals surface area contributed by atoms with Gasteiger partial charge in [0.05, 0.1) is 32.6 Å². The van der Waals surface area contributed by atoms with Crippen molar-refractivity contribution >= 4 is 29.4 Å². The number of anilines is 1. The molecule has 10 nitrogen and oxygen atoms in total. The van der Waals surface area contributed by atoms with Crippen molar-refractivity contribution in [2.45, 2.75) is 25.8 Å². The fourth-order valence-electron chi connectivity index (χ4n) is 2.96. The minimum absolute atomic E-state index is 0.0489. The smallest absolute Gasteiger partial charge is 0.319 e. The first-order valence-electron chi connectivity index (χ1n) is 10.4. The number of methoxy groups -OCH3 is 1. The van der Waals surface area contributed by atoms with Crippen LogP contribution >= 0.6 is 0 Å². The van der Waals surface area contributed by atoms with E-state index in [1.54, 1.807) is 55.5 Å². The highest BCUT2D eigenvalue weighted by molar-refractivity contribution is 5.96. The van der Waals surface area contributed by atoms with Crippen LogP contribution in [0.3, 0.4) is 0 Å². The Kier molecular flexibility index (Phi) is 9.69. The highest BCUT2D eigenvalue weighted by atomic mass is 16.5. The van der Waals surface area contributed by atoms with E-state index < -0.39 is 18.0 Å². The van der Waals surface area contributed by atoms with Crippen molar-refractivity contribution in [2.75, 3.05) is 25.6 Å². The van der Waals surface area contributed by atoms with Gasteiger partial charge in [0.2, 0.25) is 5.91 Å². The lowest BCUT2D eigenvalue weighted by Crippen LogP contribution is -2.36. The number of carbonyl (C=O) groups is 3. The monoisotopic (exact) mass is 455 g/mol. The molecule has 1 atom stereocenters. The van der Waals surface area contributed by atoms with Crippen LogP contribution in [0.5, 0.6) is 5.75 Å². The van der Waals surface area contributed by atoms with Crippen LogP contribution in [0.25, 0.3) is 0 Å². The molecule has 176 valence electrons. The van der Waals surface area contributed by atoms with E-state index in [-0.39, 0.29) is 37.7 Å². The number of nitrogens with one attached hydrogen (secondary N) is 4. The molecule has 10 heteroatoms. The highest BCUT2D eigenvalue weighted by Gasteiger charge is 2.19. The van der Waals surface area contributed by atoms with Gasteiger partial charge in [-0.25, -0.2) is 4.79 Å². The molecule has 0 aromatic heterocycles. The van der Waals surface area contributed by atoms with Crippen molar-refractivity contribution in [3.05, 3.63) is 59.7 Å². The molecule has 0 aliphatic carbocycles. The van der Waals surface area contributed by atoms with Gasteiger partial charge in [-0.15, -0.1) is 0 Å². The van der Waals surface area contributed by atoms with E-state index in [1.807, 2.05) is 0 Å². The molecule has 0 aliphatic heterocycles. The predicted molar refractivity (Wildman–Crippen MR) is 124 cm³/mol. The molecule has 2 aromatic rings. The van der Waals surface area contributed by atoms with Crippen molar-refractivity contribution in [3.63, 3.8) is 0 Å². The van der Waals surface area contributed by atoms with Gasteiger partial charge in [0.1, 0.15) is 11.6 Å². The summed E-state index contributed by atoms with van der Waals surface area (Å²) in [5.74, 6) is -0.214. The number of urea groups is 1. The first-order valence-corrected chi connectivity index (χ1v) is 10.4. The summed E-state index contributed by atoms with van der Waals surface area (Å²) in [6.07, 6.45) is 0.0142. The van der Waals surface area contributed by atoms with Crippen molar-refractivity contribution in [1.29, 1.82) is 5.41 Å². The zero-order chi connectivity index (χ0) is 24.2. The molecule has 0 spiro atoms. The van der Waals surface area contributed by atoms with Gasteiger partial charge in [-0.1, -0.05) is 12.1 Å². The van der Waals surface area contributed by atoms with E-state index in [0.717, 1.165) is 0 Å². The van der Waals surface area contributed by atoms with Crippen LogP contribution in [0.15, 0.2) is 48.5 Å². The summed E-state index contributed by atoms with van der Waals surface area (Å²) in [4.78, 5) is 36.5. The Balaban J connectivity index is 2.05. The second-order valence-corrected chi connectivity index (χ2v) is 7.03. The van der Waals surface area contributed by atoms with Crippen LogP contribution in [0.2, 0.25) is 0 Å². The number of ether oxygens (including phenoxy) is 2. The van der Waals surface area contributed by atoms with Gasteiger partial charge >= 0.3 is 12.0 Å². The Morgan fingerprint density at radius 1 is 1.12 bits per heavy atom. The molecule has 0 bridgehead atoms. The predicted octanol–water partition coefficient (Wildman–Crippen LogP) is 2.30. The van der Waals surface area contributed by atoms with Crippen LogP contribution in [0, 0.1) is 5.41 Å². The molecule has 0 aliphatic rings. The number of esters is 1. The lowest BCUT2D eigenvalue weighted by Gasteiger charge is -2.20. The number of hydrogen-bond acceptors (Lipinski definition) is 6. The van der Waals surface area contributed by atoms with E-state index in [9.17, 15) is 14.4 Å². The first-order chi connectivity index (χ1) is 15.8. The lowest BCUT2D eigenvalue weighted by molar-refractivity contribution is -0.143. The molecule has 2 rings (SSSR count). The number of hydrogen-bond donors (Lipinski definition) is 5. The molecular formula is C23H29N5O5.